The van der Waals surface area contributed by atoms with Crippen LogP contribution in [-0.2, 0) is 9.47 Å². The number of benzene rings is 1. The molecule has 0 amide bonds. The summed E-state index contributed by atoms with van der Waals surface area (Å²) < 4.78 is 12.3. The minimum absolute atomic E-state index is 0.390. The second-order valence-corrected chi connectivity index (χ2v) is 6.65. The van der Waals surface area contributed by atoms with Crippen LogP contribution in [0.5, 0.6) is 0 Å². The molecular weight excluding hydrogens is 330 g/mol. The summed E-state index contributed by atoms with van der Waals surface area (Å²) in [5.74, 6) is 0.465. The Kier molecular flexibility index (Phi) is 7.17. The van der Waals surface area contributed by atoms with E-state index in [0.717, 1.165) is 26.1 Å². The van der Waals surface area contributed by atoms with Gasteiger partial charge in [0.1, 0.15) is 0 Å². The molecule has 21 heavy (non-hydrogen) atoms. The fourth-order valence-corrected chi connectivity index (χ4v) is 3.56. The van der Waals surface area contributed by atoms with Crippen LogP contribution in [0, 0.1) is 0 Å². The summed E-state index contributed by atoms with van der Waals surface area (Å²) in [5.41, 5.74) is 1.37. The third-order valence-electron chi connectivity index (χ3n) is 4.09. The second kappa shape index (κ2) is 8.89. The van der Waals surface area contributed by atoms with Gasteiger partial charge in [-0.1, -0.05) is 34.1 Å². The van der Waals surface area contributed by atoms with Gasteiger partial charge in [-0.05, 0) is 43.7 Å². The summed E-state index contributed by atoms with van der Waals surface area (Å²) >= 11 is 3.69. The van der Waals surface area contributed by atoms with Crippen molar-refractivity contribution in [2.24, 2.45) is 0 Å². The molecule has 1 fully saturated rings. The van der Waals surface area contributed by atoms with Crippen molar-refractivity contribution in [2.45, 2.75) is 44.3 Å². The predicted molar refractivity (Wildman–Crippen MR) is 89.8 cm³/mol. The van der Waals surface area contributed by atoms with Gasteiger partial charge in [-0.2, -0.15) is 0 Å². The lowest BCUT2D eigenvalue weighted by Gasteiger charge is -2.23. The Bertz CT molecular complexity index is 427. The van der Waals surface area contributed by atoms with Crippen LogP contribution in [0.1, 0.15) is 37.7 Å². The second-order valence-electron chi connectivity index (χ2n) is 5.80. The summed E-state index contributed by atoms with van der Waals surface area (Å²) in [6.07, 6.45) is 4.25. The van der Waals surface area contributed by atoms with Crippen molar-refractivity contribution in [2.75, 3.05) is 26.8 Å². The van der Waals surface area contributed by atoms with Gasteiger partial charge in [0.05, 0.1) is 18.8 Å². The number of hydrogen-bond donors (Lipinski definition) is 1. The molecule has 0 radical (unpaired) electrons. The molecule has 1 aromatic rings. The lowest BCUT2D eigenvalue weighted by molar-refractivity contribution is 0.0464. The third-order valence-corrected chi connectivity index (χ3v) is 4.81. The van der Waals surface area contributed by atoms with E-state index in [0.29, 0.717) is 18.1 Å². The lowest BCUT2D eigenvalue weighted by Crippen LogP contribution is -2.27. The highest BCUT2D eigenvalue weighted by atomic mass is 79.9. The maximum atomic E-state index is 6.01. The van der Waals surface area contributed by atoms with Crippen LogP contribution < -0.4 is 5.32 Å². The number of ether oxygens (including phenoxy) is 2. The molecule has 1 aromatic carbocycles. The molecule has 3 nitrogen and oxygen atoms in total. The normalized spacial score (nSPS) is 23.4. The molecule has 0 aromatic heterocycles. The van der Waals surface area contributed by atoms with E-state index in [9.17, 15) is 0 Å². The Morgan fingerprint density at radius 3 is 2.86 bits per heavy atom. The molecule has 1 heterocycles. The lowest BCUT2D eigenvalue weighted by atomic mass is 9.92. The van der Waals surface area contributed by atoms with E-state index in [-0.39, 0.29) is 0 Å². The van der Waals surface area contributed by atoms with Crippen LogP contribution in [0.25, 0.3) is 0 Å². The molecule has 0 saturated carbocycles. The van der Waals surface area contributed by atoms with Gasteiger partial charge < -0.3 is 14.8 Å². The summed E-state index contributed by atoms with van der Waals surface area (Å²) in [6.45, 7) is 4.77. The number of halogens is 1. The van der Waals surface area contributed by atoms with E-state index in [1.807, 2.05) is 0 Å². The van der Waals surface area contributed by atoms with E-state index in [2.05, 4.69) is 52.4 Å². The topological polar surface area (TPSA) is 30.5 Å². The smallest absolute Gasteiger partial charge is 0.0587 e. The standard InChI is InChI=1S/C17H26BrNO2/c1-13-7-8-15(21-13)11-14(12-19-9-10-20-2)16-5-3-4-6-17(16)18/h3-6,13-15,19H,7-12H2,1-2H3. The molecule has 3 atom stereocenters. The zero-order valence-corrected chi connectivity index (χ0v) is 14.6. The zero-order chi connectivity index (χ0) is 15.1. The highest BCUT2D eigenvalue weighted by Crippen LogP contribution is 2.32. The fraction of sp³-hybridized carbons (Fsp3) is 0.647. The summed E-state index contributed by atoms with van der Waals surface area (Å²) in [7, 11) is 1.74. The molecule has 3 unspecified atom stereocenters. The Balaban J connectivity index is 1.98. The van der Waals surface area contributed by atoms with Gasteiger partial charge in [-0.3, -0.25) is 0 Å². The highest BCUT2D eigenvalue weighted by molar-refractivity contribution is 9.10. The average molecular weight is 356 g/mol. The minimum Gasteiger partial charge on any atom is -0.383 e. The Morgan fingerprint density at radius 2 is 2.19 bits per heavy atom. The van der Waals surface area contributed by atoms with E-state index < -0.39 is 0 Å². The summed E-state index contributed by atoms with van der Waals surface area (Å²) in [6, 6.07) is 8.51. The number of hydrogen-bond acceptors (Lipinski definition) is 3. The van der Waals surface area contributed by atoms with Crippen LogP contribution in [0.3, 0.4) is 0 Å². The number of methoxy groups -OCH3 is 1. The first-order valence-electron chi connectivity index (χ1n) is 7.80. The number of rotatable bonds is 8. The van der Waals surface area contributed by atoms with Crippen molar-refractivity contribution in [3.8, 4) is 0 Å². The quantitative estimate of drug-likeness (QED) is 0.720. The van der Waals surface area contributed by atoms with Crippen molar-refractivity contribution in [3.05, 3.63) is 34.3 Å². The van der Waals surface area contributed by atoms with Crippen molar-refractivity contribution < 1.29 is 9.47 Å². The Morgan fingerprint density at radius 1 is 1.38 bits per heavy atom. The fourth-order valence-electron chi connectivity index (χ4n) is 2.95. The minimum atomic E-state index is 0.390. The van der Waals surface area contributed by atoms with Gasteiger partial charge in [-0.25, -0.2) is 0 Å². The molecular formula is C17H26BrNO2. The monoisotopic (exact) mass is 355 g/mol. The molecule has 1 aliphatic rings. The molecule has 1 N–H and O–H groups in total. The van der Waals surface area contributed by atoms with Gasteiger partial charge in [0, 0.05) is 24.7 Å². The molecule has 1 saturated heterocycles. The maximum absolute atomic E-state index is 6.01. The zero-order valence-electron chi connectivity index (χ0n) is 13.0. The van der Waals surface area contributed by atoms with E-state index in [1.54, 1.807) is 7.11 Å². The third kappa shape index (κ3) is 5.37. The van der Waals surface area contributed by atoms with E-state index in [1.165, 1.54) is 22.9 Å². The maximum Gasteiger partial charge on any atom is 0.0587 e. The molecule has 118 valence electrons. The van der Waals surface area contributed by atoms with Crippen molar-refractivity contribution in [3.63, 3.8) is 0 Å². The molecule has 1 aliphatic heterocycles. The van der Waals surface area contributed by atoms with Crippen LogP contribution in [0.4, 0.5) is 0 Å². The molecule has 2 rings (SSSR count). The van der Waals surface area contributed by atoms with Gasteiger partial charge in [0.25, 0.3) is 0 Å². The largest absolute Gasteiger partial charge is 0.383 e. The molecule has 4 heteroatoms. The molecule has 0 bridgehead atoms. The van der Waals surface area contributed by atoms with Crippen LogP contribution >= 0.6 is 15.9 Å². The number of nitrogens with one attached hydrogen (secondary N) is 1. The van der Waals surface area contributed by atoms with Crippen LogP contribution in [0.2, 0.25) is 0 Å². The van der Waals surface area contributed by atoms with Gasteiger partial charge in [0.2, 0.25) is 0 Å². The predicted octanol–water partition coefficient (Wildman–Crippen LogP) is 3.73. The molecule has 0 aliphatic carbocycles. The highest BCUT2D eigenvalue weighted by Gasteiger charge is 2.26. The average Bonchev–Trinajstić information content (AvgIpc) is 2.88. The summed E-state index contributed by atoms with van der Waals surface area (Å²) in [5, 5.41) is 3.50. The molecule has 0 spiro atoms. The first-order chi connectivity index (χ1) is 10.2. The van der Waals surface area contributed by atoms with Crippen molar-refractivity contribution in [1.82, 2.24) is 5.32 Å². The Labute approximate surface area is 136 Å². The first-order valence-corrected chi connectivity index (χ1v) is 8.59. The van der Waals surface area contributed by atoms with Crippen LogP contribution in [-0.4, -0.2) is 39.0 Å². The van der Waals surface area contributed by atoms with Gasteiger partial charge in [0.15, 0.2) is 0 Å². The van der Waals surface area contributed by atoms with Gasteiger partial charge in [-0.15, -0.1) is 0 Å². The SMILES string of the molecule is COCCNCC(CC1CCC(C)O1)c1ccccc1Br. The Hall–Kier alpha value is -0.420. The van der Waals surface area contributed by atoms with E-state index >= 15 is 0 Å². The summed E-state index contributed by atoms with van der Waals surface area (Å²) in [4.78, 5) is 0. The van der Waals surface area contributed by atoms with Crippen LogP contribution in [0.15, 0.2) is 28.7 Å². The van der Waals surface area contributed by atoms with Crippen molar-refractivity contribution in [1.29, 1.82) is 0 Å². The van der Waals surface area contributed by atoms with Crippen molar-refractivity contribution >= 4 is 15.9 Å². The first kappa shape index (κ1) is 16.9. The van der Waals surface area contributed by atoms with Gasteiger partial charge >= 0.3 is 0 Å². The van der Waals surface area contributed by atoms with E-state index in [4.69, 9.17) is 9.47 Å².